The van der Waals surface area contributed by atoms with E-state index in [0.717, 1.165) is 32.4 Å². The quantitative estimate of drug-likeness (QED) is 0.838. The summed E-state index contributed by atoms with van der Waals surface area (Å²) in [6.07, 6.45) is 8.53. The summed E-state index contributed by atoms with van der Waals surface area (Å²) >= 11 is 0. The monoisotopic (exact) mass is 265 g/mol. The zero-order chi connectivity index (χ0) is 13.3. The average Bonchev–Trinajstić information content (AvgIpc) is 3.08. The molecule has 0 aromatic carbocycles. The molecule has 4 nitrogen and oxygen atoms in total. The van der Waals surface area contributed by atoms with Crippen molar-refractivity contribution in [1.82, 2.24) is 15.1 Å². The lowest BCUT2D eigenvalue weighted by Gasteiger charge is -2.23. The minimum absolute atomic E-state index is 0.187. The molecule has 1 aliphatic carbocycles. The van der Waals surface area contributed by atoms with Crippen LogP contribution in [-0.2, 0) is 4.79 Å². The van der Waals surface area contributed by atoms with Crippen LogP contribution < -0.4 is 5.32 Å². The largest absolute Gasteiger partial charge is 0.326 e. The molecule has 1 amide bonds. The number of hydrogen-bond acceptors (Lipinski definition) is 3. The van der Waals surface area contributed by atoms with Gasteiger partial charge in [0.15, 0.2) is 0 Å². The zero-order valence-electron chi connectivity index (χ0n) is 12.2. The maximum Gasteiger partial charge on any atom is 0.244 e. The summed E-state index contributed by atoms with van der Waals surface area (Å²) in [6.45, 7) is 6.73. The van der Waals surface area contributed by atoms with Crippen molar-refractivity contribution >= 4 is 5.91 Å². The third kappa shape index (κ3) is 2.52. The van der Waals surface area contributed by atoms with E-state index in [0.29, 0.717) is 5.91 Å². The number of carbonyl (C=O) groups excluding carboxylic acids is 1. The Morgan fingerprint density at radius 3 is 2.53 bits per heavy atom. The number of hydrogen-bond donors (Lipinski definition) is 1. The van der Waals surface area contributed by atoms with Crippen molar-refractivity contribution in [1.29, 1.82) is 0 Å². The molecule has 0 aromatic heterocycles. The first-order chi connectivity index (χ1) is 9.21. The molecule has 1 spiro atoms. The second-order valence-corrected chi connectivity index (χ2v) is 6.51. The summed E-state index contributed by atoms with van der Waals surface area (Å²) in [5.74, 6) is 0.374. The topological polar surface area (TPSA) is 35.6 Å². The maximum atomic E-state index is 12.6. The Kier molecular flexibility index (Phi) is 3.81. The molecular weight excluding hydrogens is 238 g/mol. The molecule has 3 fully saturated rings. The van der Waals surface area contributed by atoms with E-state index in [9.17, 15) is 4.79 Å². The minimum Gasteiger partial charge on any atom is -0.326 e. The molecule has 2 heterocycles. The summed E-state index contributed by atoms with van der Waals surface area (Å²) < 4.78 is 0. The van der Waals surface area contributed by atoms with Crippen LogP contribution in [0.5, 0.6) is 0 Å². The van der Waals surface area contributed by atoms with E-state index in [-0.39, 0.29) is 11.7 Å². The number of carbonyl (C=O) groups is 1. The van der Waals surface area contributed by atoms with E-state index < -0.39 is 0 Å². The van der Waals surface area contributed by atoms with Gasteiger partial charge in [0, 0.05) is 6.54 Å². The number of rotatable bonds is 4. The molecule has 3 rings (SSSR count). The molecule has 4 heteroatoms. The Morgan fingerprint density at radius 2 is 1.84 bits per heavy atom. The highest BCUT2D eigenvalue weighted by atomic mass is 16.2. The van der Waals surface area contributed by atoms with Gasteiger partial charge in [-0.1, -0.05) is 12.8 Å². The van der Waals surface area contributed by atoms with Gasteiger partial charge in [-0.2, -0.15) is 0 Å². The van der Waals surface area contributed by atoms with Crippen molar-refractivity contribution in [2.75, 3.05) is 26.2 Å². The lowest BCUT2D eigenvalue weighted by molar-refractivity contribution is -0.133. The summed E-state index contributed by atoms with van der Waals surface area (Å²) in [6, 6.07) is 0. The molecule has 1 unspecified atom stereocenters. The van der Waals surface area contributed by atoms with E-state index in [1.807, 2.05) is 0 Å². The number of likely N-dealkylation sites (tertiary alicyclic amines) is 1. The average molecular weight is 265 g/mol. The number of nitrogens with one attached hydrogen (secondary N) is 1. The van der Waals surface area contributed by atoms with Crippen LogP contribution in [0.4, 0.5) is 0 Å². The Morgan fingerprint density at radius 1 is 1.16 bits per heavy atom. The summed E-state index contributed by atoms with van der Waals surface area (Å²) in [4.78, 5) is 17.2. The summed E-state index contributed by atoms with van der Waals surface area (Å²) in [5.41, 5.74) is -0.187. The Hall–Kier alpha value is -0.610. The predicted octanol–water partition coefficient (Wildman–Crippen LogP) is 1.56. The van der Waals surface area contributed by atoms with Gasteiger partial charge in [-0.15, -0.1) is 0 Å². The first-order valence-corrected chi connectivity index (χ1v) is 8.02. The molecular formula is C15H27N3O. The number of amides is 1. The molecule has 0 aromatic rings. The van der Waals surface area contributed by atoms with E-state index in [1.54, 1.807) is 0 Å². The highest BCUT2D eigenvalue weighted by Gasteiger charge is 2.50. The smallest absolute Gasteiger partial charge is 0.244 e. The van der Waals surface area contributed by atoms with E-state index >= 15 is 0 Å². The van der Waals surface area contributed by atoms with Crippen LogP contribution in [0.25, 0.3) is 0 Å². The molecule has 1 N–H and O–H groups in total. The second kappa shape index (κ2) is 5.41. The van der Waals surface area contributed by atoms with Crippen LogP contribution in [0.3, 0.4) is 0 Å². The molecule has 2 saturated heterocycles. The van der Waals surface area contributed by atoms with Gasteiger partial charge in [-0.3, -0.25) is 10.1 Å². The lowest BCUT2D eigenvalue weighted by atomic mass is 9.98. The van der Waals surface area contributed by atoms with Crippen LogP contribution in [0.15, 0.2) is 0 Å². The van der Waals surface area contributed by atoms with Gasteiger partial charge in [0.1, 0.15) is 0 Å². The van der Waals surface area contributed by atoms with Crippen LogP contribution in [0, 0.1) is 0 Å². The molecule has 3 aliphatic rings. The second-order valence-electron chi connectivity index (χ2n) is 6.51. The maximum absolute atomic E-state index is 12.6. The van der Waals surface area contributed by atoms with Gasteiger partial charge in [0.05, 0.1) is 11.7 Å². The fraction of sp³-hybridized carbons (Fsp3) is 0.933. The molecule has 1 saturated carbocycles. The van der Waals surface area contributed by atoms with Crippen LogP contribution in [0.2, 0.25) is 0 Å². The van der Waals surface area contributed by atoms with Crippen LogP contribution in [0.1, 0.15) is 51.9 Å². The predicted molar refractivity (Wildman–Crippen MR) is 75.8 cm³/mol. The molecule has 19 heavy (non-hydrogen) atoms. The third-order valence-electron chi connectivity index (χ3n) is 5.15. The summed E-state index contributed by atoms with van der Waals surface area (Å²) in [7, 11) is 0. The van der Waals surface area contributed by atoms with Crippen LogP contribution in [-0.4, -0.2) is 53.6 Å². The van der Waals surface area contributed by atoms with Crippen molar-refractivity contribution in [3.8, 4) is 0 Å². The number of nitrogens with zero attached hydrogens (tertiary/aromatic N) is 2. The third-order valence-corrected chi connectivity index (χ3v) is 5.15. The van der Waals surface area contributed by atoms with Crippen LogP contribution >= 0.6 is 0 Å². The highest BCUT2D eigenvalue weighted by molar-refractivity contribution is 5.89. The highest BCUT2D eigenvalue weighted by Crippen LogP contribution is 2.36. The molecule has 0 bridgehead atoms. The van der Waals surface area contributed by atoms with Gasteiger partial charge in [0.2, 0.25) is 5.91 Å². The first kappa shape index (κ1) is 13.4. The zero-order valence-corrected chi connectivity index (χ0v) is 12.2. The van der Waals surface area contributed by atoms with E-state index in [1.165, 1.54) is 38.8 Å². The standard InChI is InChI=1S/C15H27N3O/c1-13-16-15(7-2-3-8-15)14(19)18(13)12-6-11-17-9-4-5-10-17/h13,16H,2-12H2,1H3. The fourth-order valence-corrected chi connectivity index (χ4v) is 4.09. The van der Waals surface area contributed by atoms with Gasteiger partial charge >= 0.3 is 0 Å². The first-order valence-electron chi connectivity index (χ1n) is 8.02. The SMILES string of the molecule is CC1NC2(CCCC2)C(=O)N1CCCN1CCCC1. The van der Waals surface area contributed by atoms with Crippen molar-refractivity contribution in [3.05, 3.63) is 0 Å². The normalized spacial score (nSPS) is 30.9. The van der Waals surface area contributed by atoms with Gasteiger partial charge in [0.25, 0.3) is 0 Å². The molecule has 108 valence electrons. The fourth-order valence-electron chi connectivity index (χ4n) is 4.09. The van der Waals surface area contributed by atoms with Gasteiger partial charge in [-0.05, 0) is 58.7 Å². The van der Waals surface area contributed by atoms with E-state index in [2.05, 4.69) is 22.0 Å². The lowest BCUT2D eigenvalue weighted by Crippen LogP contribution is -2.44. The Labute approximate surface area is 116 Å². The molecule has 1 atom stereocenters. The molecule has 0 radical (unpaired) electrons. The van der Waals surface area contributed by atoms with Crippen molar-refractivity contribution < 1.29 is 4.79 Å². The van der Waals surface area contributed by atoms with Crippen molar-refractivity contribution in [3.63, 3.8) is 0 Å². The van der Waals surface area contributed by atoms with Crippen molar-refractivity contribution in [2.45, 2.75) is 63.6 Å². The minimum atomic E-state index is -0.187. The van der Waals surface area contributed by atoms with Gasteiger partial charge in [-0.25, -0.2) is 0 Å². The van der Waals surface area contributed by atoms with E-state index in [4.69, 9.17) is 0 Å². The van der Waals surface area contributed by atoms with Crippen molar-refractivity contribution in [2.24, 2.45) is 0 Å². The Bertz CT molecular complexity index is 332. The summed E-state index contributed by atoms with van der Waals surface area (Å²) in [5, 5.41) is 3.57. The van der Waals surface area contributed by atoms with Gasteiger partial charge < -0.3 is 9.80 Å². The molecule has 2 aliphatic heterocycles. The Balaban J connectivity index is 1.51.